The third-order valence-corrected chi connectivity index (χ3v) is 5.19. The lowest BCUT2D eigenvalue weighted by molar-refractivity contribution is 0.0761. The van der Waals surface area contributed by atoms with Crippen molar-refractivity contribution in [3.05, 3.63) is 65.2 Å². The van der Waals surface area contributed by atoms with Crippen molar-refractivity contribution < 1.29 is 9.90 Å². The summed E-state index contributed by atoms with van der Waals surface area (Å²) >= 11 is 1.61. The molecule has 0 spiro atoms. The second-order valence-electron chi connectivity index (χ2n) is 5.79. The van der Waals surface area contributed by atoms with Crippen molar-refractivity contribution in [2.24, 2.45) is 0 Å². The number of hydrogen-bond donors (Lipinski definition) is 1. The maximum absolute atomic E-state index is 12.7. The monoisotopic (exact) mass is 338 g/mol. The Hall–Kier alpha value is -2.29. The molecule has 0 unspecified atom stereocenters. The number of carbonyl (C=O) groups excluding carboxylic acids is 1. The number of likely N-dealkylation sites (tertiary alicyclic amines) is 1. The van der Waals surface area contributed by atoms with Gasteiger partial charge in [-0.3, -0.25) is 4.79 Å². The number of β-amino-alcohol motifs (C(OH)–C–C–N with tert-alkyl or cyclic N) is 1. The molecule has 1 fully saturated rings. The molecule has 1 heterocycles. The van der Waals surface area contributed by atoms with Crippen molar-refractivity contribution in [3.63, 3.8) is 0 Å². The van der Waals surface area contributed by atoms with Crippen LogP contribution >= 0.6 is 11.8 Å². The highest BCUT2D eigenvalue weighted by molar-refractivity contribution is 7.98. The fraction of sp³-hybridized carbons (Fsp3) is 0.263. The number of nitrogens with zero attached hydrogens (tertiary/aromatic N) is 2. The first-order valence-electron chi connectivity index (χ1n) is 7.85. The number of nitriles is 1. The Labute approximate surface area is 145 Å². The Morgan fingerprint density at radius 2 is 2.00 bits per heavy atom. The van der Waals surface area contributed by atoms with Gasteiger partial charge in [-0.05, 0) is 36.2 Å². The van der Waals surface area contributed by atoms with Crippen molar-refractivity contribution >= 4 is 17.7 Å². The van der Waals surface area contributed by atoms with Crippen LogP contribution in [-0.2, 0) is 5.75 Å². The molecular formula is C19H18N2O2S. The third kappa shape index (κ3) is 3.78. The molecule has 2 aromatic carbocycles. The van der Waals surface area contributed by atoms with Crippen LogP contribution in [0.3, 0.4) is 0 Å². The summed E-state index contributed by atoms with van der Waals surface area (Å²) in [4.78, 5) is 15.3. The molecule has 1 N–H and O–H groups in total. The van der Waals surface area contributed by atoms with Crippen LogP contribution in [0, 0.1) is 11.3 Å². The van der Waals surface area contributed by atoms with Crippen LogP contribution in [0.4, 0.5) is 0 Å². The van der Waals surface area contributed by atoms with Crippen LogP contribution in [0.1, 0.15) is 27.9 Å². The predicted molar refractivity (Wildman–Crippen MR) is 93.7 cm³/mol. The molecule has 122 valence electrons. The molecule has 5 heteroatoms. The van der Waals surface area contributed by atoms with E-state index in [0.717, 1.165) is 16.2 Å². The van der Waals surface area contributed by atoms with Crippen molar-refractivity contribution in [1.82, 2.24) is 4.90 Å². The number of carbonyl (C=O) groups is 1. The minimum Gasteiger partial charge on any atom is -0.391 e. The van der Waals surface area contributed by atoms with E-state index < -0.39 is 6.10 Å². The molecule has 24 heavy (non-hydrogen) atoms. The highest BCUT2D eigenvalue weighted by atomic mass is 32.2. The quantitative estimate of drug-likeness (QED) is 0.870. The van der Waals surface area contributed by atoms with Crippen LogP contribution in [0.15, 0.2) is 53.4 Å². The number of aliphatic hydroxyl groups excluding tert-OH is 1. The maximum Gasteiger partial charge on any atom is 0.255 e. The second-order valence-corrected chi connectivity index (χ2v) is 6.80. The number of benzene rings is 2. The largest absolute Gasteiger partial charge is 0.391 e. The number of amides is 1. The zero-order valence-electron chi connectivity index (χ0n) is 13.2. The molecule has 0 aromatic heterocycles. The molecule has 1 amide bonds. The van der Waals surface area contributed by atoms with Crippen molar-refractivity contribution in [2.75, 3.05) is 13.1 Å². The van der Waals surface area contributed by atoms with E-state index in [4.69, 9.17) is 5.26 Å². The van der Waals surface area contributed by atoms with E-state index in [-0.39, 0.29) is 5.91 Å². The zero-order valence-corrected chi connectivity index (χ0v) is 14.0. The molecule has 0 bridgehead atoms. The maximum atomic E-state index is 12.7. The lowest BCUT2D eigenvalue weighted by Gasteiger charge is -2.17. The Morgan fingerprint density at radius 1 is 1.25 bits per heavy atom. The molecular weight excluding hydrogens is 320 g/mol. The van der Waals surface area contributed by atoms with E-state index in [9.17, 15) is 9.90 Å². The van der Waals surface area contributed by atoms with Crippen molar-refractivity contribution in [1.29, 1.82) is 5.26 Å². The van der Waals surface area contributed by atoms with Gasteiger partial charge in [-0.2, -0.15) is 5.26 Å². The Bertz CT molecular complexity index is 768. The van der Waals surface area contributed by atoms with Gasteiger partial charge in [0, 0.05) is 23.7 Å². The summed E-state index contributed by atoms with van der Waals surface area (Å²) in [5.74, 6) is 0.716. The fourth-order valence-corrected chi connectivity index (χ4v) is 3.70. The first kappa shape index (κ1) is 16.6. The van der Waals surface area contributed by atoms with Gasteiger partial charge in [0.2, 0.25) is 0 Å². The number of hydrogen-bond acceptors (Lipinski definition) is 4. The topological polar surface area (TPSA) is 64.3 Å². The van der Waals surface area contributed by atoms with Gasteiger partial charge >= 0.3 is 0 Å². The van der Waals surface area contributed by atoms with E-state index in [0.29, 0.717) is 30.6 Å². The summed E-state index contributed by atoms with van der Waals surface area (Å²) in [7, 11) is 0. The number of thioether (sulfide) groups is 1. The lowest BCUT2D eigenvalue weighted by atomic mass is 10.2. The molecule has 4 nitrogen and oxygen atoms in total. The van der Waals surface area contributed by atoms with Gasteiger partial charge in [-0.15, -0.1) is 11.8 Å². The van der Waals surface area contributed by atoms with Gasteiger partial charge in [0.05, 0.1) is 23.3 Å². The van der Waals surface area contributed by atoms with Crippen LogP contribution < -0.4 is 0 Å². The molecule has 0 radical (unpaired) electrons. The minimum absolute atomic E-state index is 0.0190. The SMILES string of the molecule is N#Cc1ccc(CSc2ccccc2C(=O)N2CC[C@@H](O)C2)cc1. The summed E-state index contributed by atoms with van der Waals surface area (Å²) in [6, 6.07) is 17.2. The van der Waals surface area contributed by atoms with Gasteiger partial charge in [0.15, 0.2) is 0 Å². The highest BCUT2D eigenvalue weighted by Crippen LogP contribution is 2.28. The van der Waals surface area contributed by atoms with Gasteiger partial charge < -0.3 is 10.0 Å². The van der Waals surface area contributed by atoms with Crippen LogP contribution in [0.5, 0.6) is 0 Å². The molecule has 3 rings (SSSR count). The Kier molecular flexibility index (Phi) is 5.19. The summed E-state index contributed by atoms with van der Waals surface area (Å²) in [6.07, 6.45) is 0.235. The first-order chi connectivity index (χ1) is 11.7. The summed E-state index contributed by atoms with van der Waals surface area (Å²) in [5, 5.41) is 18.5. The highest BCUT2D eigenvalue weighted by Gasteiger charge is 2.26. The minimum atomic E-state index is -0.410. The van der Waals surface area contributed by atoms with E-state index >= 15 is 0 Å². The molecule has 1 aliphatic rings. The van der Waals surface area contributed by atoms with Crippen LogP contribution in [0.25, 0.3) is 0 Å². The summed E-state index contributed by atoms with van der Waals surface area (Å²) in [5.41, 5.74) is 2.44. The molecule has 0 aliphatic carbocycles. The fourth-order valence-electron chi connectivity index (χ4n) is 2.70. The molecule has 1 atom stereocenters. The van der Waals surface area contributed by atoms with Gasteiger partial charge in [0.1, 0.15) is 0 Å². The van der Waals surface area contributed by atoms with Crippen molar-refractivity contribution in [3.8, 4) is 6.07 Å². The molecule has 1 saturated heterocycles. The lowest BCUT2D eigenvalue weighted by Crippen LogP contribution is -2.29. The van der Waals surface area contributed by atoms with Gasteiger partial charge in [0.25, 0.3) is 5.91 Å². The molecule has 0 saturated carbocycles. The molecule has 1 aliphatic heterocycles. The normalized spacial score (nSPS) is 16.8. The van der Waals surface area contributed by atoms with Gasteiger partial charge in [-0.25, -0.2) is 0 Å². The average Bonchev–Trinajstić information content (AvgIpc) is 3.06. The van der Waals surface area contributed by atoms with Crippen molar-refractivity contribution in [2.45, 2.75) is 23.2 Å². The zero-order chi connectivity index (χ0) is 16.9. The standard InChI is InChI=1S/C19H18N2O2S/c20-11-14-5-7-15(8-6-14)13-24-18-4-2-1-3-17(18)19(23)21-10-9-16(22)12-21/h1-8,16,22H,9-10,12-13H2/t16-/m1/s1. The predicted octanol–water partition coefficient (Wildman–Crippen LogP) is 3.06. The number of rotatable bonds is 4. The Morgan fingerprint density at radius 3 is 2.67 bits per heavy atom. The summed E-state index contributed by atoms with van der Waals surface area (Å²) in [6.45, 7) is 1.02. The second kappa shape index (κ2) is 7.52. The average molecular weight is 338 g/mol. The van der Waals surface area contributed by atoms with E-state index in [1.165, 1.54) is 0 Å². The van der Waals surface area contributed by atoms with E-state index in [1.807, 2.05) is 36.4 Å². The molecule has 2 aromatic rings. The number of aliphatic hydroxyl groups is 1. The smallest absolute Gasteiger partial charge is 0.255 e. The van der Waals surface area contributed by atoms with E-state index in [2.05, 4.69) is 6.07 Å². The first-order valence-corrected chi connectivity index (χ1v) is 8.84. The van der Waals surface area contributed by atoms with E-state index in [1.54, 1.807) is 28.8 Å². The third-order valence-electron chi connectivity index (χ3n) is 4.05. The van der Waals surface area contributed by atoms with Crippen LogP contribution in [-0.4, -0.2) is 35.1 Å². The van der Waals surface area contributed by atoms with Crippen LogP contribution in [0.2, 0.25) is 0 Å². The Balaban J connectivity index is 1.72. The summed E-state index contributed by atoms with van der Waals surface area (Å²) < 4.78 is 0. The van der Waals surface area contributed by atoms with Gasteiger partial charge in [-0.1, -0.05) is 24.3 Å².